The number of benzene rings is 2. The van der Waals surface area contributed by atoms with Crippen molar-refractivity contribution in [3.05, 3.63) is 78.0 Å². The summed E-state index contributed by atoms with van der Waals surface area (Å²) in [6, 6.07) is 17.0. The first-order valence-electron chi connectivity index (χ1n) is 6.93. The number of hydrogen-bond donors (Lipinski definition) is 1. The molecule has 0 aliphatic carbocycles. The van der Waals surface area contributed by atoms with Crippen LogP contribution in [0.5, 0.6) is 0 Å². The Balaban J connectivity index is 2.23. The summed E-state index contributed by atoms with van der Waals surface area (Å²) in [5, 5.41) is 3.43. The Morgan fingerprint density at radius 1 is 1.00 bits per heavy atom. The van der Waals surface area contributed by atoms with Crippen LogP contribution in [-0.4, -0.2) is 0 Å². The Hall–Kier alpha value is -2.28. The Kier molecular flexibility index (Phi) is 4.78. The number of allylic oxidation sites excluding steroid dienone is 4. The number of hydrogen-bond acceptors (Lipinski definition) is 1. The van der Waals surface area contributed by atoms with E-state index in [2.05, 4.69) is 67.7 Å². The summed E-state index contributed by atoms with van der Waals surface area (Å²) in [6.07, 6.45) is 6.14. The molecule has 2 aromatic rings. The minimum absolute atomic E-state index is 1.14. The van der Waals surface area contributed by atoms with Gasteiger partial charge in [-0.3, -0.25) is 0 Å². The van der Waals surface area contributed by atoms with Crippen LogP contribution >= 0.6 is 0 Å². The van der Waals surface area contributed by atoms with Gasteiger partial charge in [-0.05, 0) is 55.7 Å². The molecule has 0 atom stereocenters. The van der Waals surface area contributed by atoms with Crippen LogP contribution in [0.4, 0.5) is 5.69 Å². The SMILES string of the molecule is C/C=C\C=C(/C)Nc1ccc(-c2ccccc2)cc1C. The van der Waals surface area contributed by atoms with Crippen LogP contribution < -0.4 is 5.32 Å². The summed E-state index contributed by atoms with van der Waals surface area (Å²) < 4.78 is 0. The second-order valence-electron chi connectivity index (χ2n) is 4.90. The van der Waals surface area contributed by atoms with Crippen molar-refractivity contribution in [1.82, 2.24) is 0 Å². The van der Waals surface area contributed by atoms with Gasteiger partial charge in [0.25, 0.3) is 0 Å². The minimum atomic E-state index is 1.14. The lowest BCUT2D eigenvalue weighted by molar-refractivity contribution is 1.34. The fourth-order valence-corrected chi connectivity index (χ4v) is 2.11. The highest BCUT2D eigenvalue weighted by Crippen LogP contribution is 2.25. The van der Waals surface area contributed by atoms with E-state index in [9.17, 15) is 0 Å². The first-order chi connectivity index (χ1) is 9.70. The normalized spacial score (nSPS) is 11.8. The standard InChI is InChI=1S/C19H21N/c1-4-5-9-16(3)20-19-13-12-18(14-15(19)2)17-10-7-6-8-11-17/h4-14,20H,1-3H3/b5-4-,16-9+. The largest absolute Gasteiger partial charge is 0.359 e. The molecule has 102 valence electrons. The van der Waals surface area contributed by atoms with Gasteiger partial charge in [-0.1, -0.05) is 48.6 Å². The van der Waals surface area contributed by atoms with E-state index in [0.717, 1.165) is 11.4 Å². The molecule has 2 aromatic carbocycles. The summed E-state index contributed by atoms with van der Waals surface area (Å²) in [7, 11) is 0. The summed E-state index contributed by atoms with van der Waals surface area (Å²) in [5.74, 6) is 0. The summed E-state index contributed by atoms with van der Waals surface area (Å²) in [6.45, 7) is 6.23. The molecule has 0 unspecified atom stereocenters. The maximum atomic E-state index is 3.43. The molecule has 1 heteroatoms. The highest BCUT2D eigenvalue weighted by Gasteiger charge is 2.02. The summed E-state index contributed by atoms with van der Waals surface area (Å²) in [5.41, 5.74) is 6.05. The van der Waals surface area contributed by atoms with Crippen molar-refractivity contribution in [1.29, 1.82) is 0 Å². The molecule has 0 spiro atoms. The predicted molar refractivity (Wildman–Crippen MR) is 88.8 cm³/mol. The van der Waals surface area contributed by atoms with Crippen molar-refractivity contribution in [3.63, 3.8) is 0 Å². The smallest absolute Gasteiger partial charge is 0.0411 e. The molecule has 1 nitrogen and oxygen atoms in total. The number of anilines is 1. The lowest BCUT2D eigenvalue weighted by atomic mass is 10.0. The summed E-state index contributed by atoms with van der Waals surface area (Å²) in [4.78, 5) is 0. The predicted octanol–water partition coefficient (Wildman–Crippen LogP) is 5.55. The topological polar surface area (TPSA) is 12.0 Å². The zero-order valence-electron chi connectivity index (χ0n) is 12.4. The van der Waals surface area contributed by atoms with Crippen LogP contribution in [-0.2, 0) is 0 Å². The summed E-state index contributed by atoms with van der Waals surface area (Å²) >= 11 is 0. The lowest BCUT2D eigenvalue weighted by Crippen LogP contribution is -1.97. The van der Waals surface area contributed by atoms with Crippen LogP contribution in [0.25, 0.3) is 11.1 Å². The number of aryl methyl sites for hydroxylation is 1. The van der Waals surface area contributed by atoms with E-state index in [4.69, 9.17) is 0 Å². The van der Waals surface area contributed by atoms with Gasteiger partial charge in [-0.15, -0.1) is 0 Å². The molecule has 1 N–H and O–H groups in total. The van der Waals surface area contributed by atoms with Crippen molar-refractivity contribution >= 4 is 5.69 Å². The van der Waals surface area contributed by atoms with Gasteiger partial charge < -0.3 is 5.32 Å². The van der Waals surface area contributed by atoms with Gasteiger partial charge in [0, 0.05) is 11.4 Å². The molecule has 0 fully saturated rings. The van der Waals surface area contributed by atoms with E-state index < -0.39 is 0 Å². The van der Waals surface area contributed by atoms with Crippen LogP contribution in [0.2, 0.25) is 0 Å². The van der Waals surface area contributed by atoms with E-state index in [0.29, 0.717) is 0 Å². The fourth-order valence-electron chi connectivity index (χ4n) is 2.11. The molecule has 0 aliphatic rings. The third-order valence-electron chi connectivity index (χ3n) is 3.20. The molecular formula is C19H21N. The zero-order valence-corrected chi connectivity index (χ0v) is 12.4. The molecular weight excluding hydrogens is 242 g/mol. The van der Waals surface area contributed by atoms with E-state index >= 15 is 0 Å². The molecule has 0 aliphatic heterocycles. The van der Waals surface area contributed by atoms with Crippen molar-refractivity contribution in [2.75, 3.05) is 5.32 Å². The van der Waals surface area contributed by atoms with Gasteiger partial charge in [0.05, 0.1) is 0 Å². The third kappa shape index (κ3) is 3.61. The fraction of sp³-hybridized carbons (Fsp3) is 0.158. The van der Waals surface area contributed by atoms with Gasteiger partial charge in [0.2, 0.25) is 0 Å². The second kappa shape index (κ2) is 6.76. The van der Waals surface area contributed by atoms with Crippen molar-refractivity contribution < 1.29 is 0 Å². The average Bonchev–Trinajstić information content (AvgIpc) is 2.48. The first-order valence-corrected chi connectivity index (χ1v) is 6.93. The molecule has 0 aromatic heterocycles. The van der Waals surface area contributed by atoms with Crippen molar-refractivity contribution in [2.24, 2.45) is 0 Å². The molecule has 0 bridgehead atoms. The minimum Gasteiger partial charge on any atom is -0.359 e. The quantitative estimate of drug-likeness (QED) is 0.713. The van der Waals surface area contributed by atoms with Gasteiger partial charge in [-0.2, -0.15) is 0 Å². The van der Waals surface area contributed by atoms with Gasteiger partial charge in [-0.25, -0.2) is 0 Å². The van der Waals surface area contributed by atoms with E-state index in [1.165, 1.54) is 16.7 Å². The average molecular weight is 263 g/mol. The van der Waals surface area contributed by atoms with Gasteiger partial charge >= 0.3 is 0 Å². The molecule has 0 amide bonds. The van der Waals surface area contributed by atoms with Crippen LogP contribution in [0.3, 0.4) is 0 Å². The Morgan fingerprint density at radius 3 is 2.40 bits per heavy atom. The molecule has 0 radical (unpaired) electrons. The van der Waals surface area contributed by atoms with Crippen LogP contribution in [0.1, 0.15) is 19.4 Å². The number of rotatable bonds is 4. The monoisotopic (exact) mass is 263 g/mol. The molecule has 0 heterocycles. The zero-order chi connectivity index (χ0) is 14.4. The maximum absolute atomic E-state index is 3.43. The molecule has 0 saturated carbocycles. The molecule has 2 rings (SSSR count). The Labute approximate surface area is 121 Å². The third-order valence-corrected chi connectivity index (χ3v) is 3.20. The lowest BCUT2D eigenvalue weighted by Gasteiger charge is -2.11. The van der Waals surface area contributed by atoms with Crippen LogP contribution in [0.15, 0.2) is 72.5 Å². The highest BCUT2D eigenvalue weighted by atomic mass is 14.9. The molecule has 0 saturated heterocycles. The van der Waals surface area contributed by atoms with E-state index in [1.807, 2.05) is 25.1 Å². The Morgan fingerprint density at radius 2 is 1.75 bits per heavy atom. The van der Waals surface area contributed by atoms with Crippen molar-refractivity contribution in [3.8, 4) is 11.1 Å². The van der Waals surface area contributed by atoms with Crippen molar-refractivity contribution in [2.45, 2.75) is 20.8 Å². The van der Waals surface area contributed by atoms with E-state index in [-0.39, 0.29) is 0 Å². The maximum Gasteiger partial charge on any atom is 0.0411 e. The first kappa shape index (κ1) is 14.1. The second-order valence-corrected chi connectivity index (χ2v) is 4.90. The van der Waals surface area contributed by atoms with E-state index in [1.54, 1.807) is 0 Å². The van der Waals surface area contributed by atoms with Gasteiger partial charge in [0.15, 0.2) is 0 Å². The Bertz CT molecular complexity index is 621. The van der Waals surface area contributed by atoms with Crippen LogP contribution in [0, 0.1) is 6.92 Å². The molecule has 20 heavy (non-hydrogen) atoms. The van der Waals surface area contributed by atoms with Gasteiger partial charge in [0.1, 0.15) is 0 Å². The number of nitrogens with one attached hydrogen (secondary N) is 1. The highest BCUT2D eigenvalue weighted by molar-refractivity contribution is 5.69.